The van der Waals surface area contributed by atoms with Crippen LogP contribution >= 0.6 is 0 Å². The highest BCUT2D eigenvalue weighted by Crippen LogP contribution is 2.25. The Morgan fingerprint density at radius 1 is 1.03 bits per heavy atom. The number of hydrogen-bond donors (Lipinski definition) is 2. The van der Waals surface area contributed by atoms with Gasteiger partial charge in [-0.3, -0.25) is 9.69 Å². The number of benzene rings is 2. The Kier molecular flexibility index (Phi) is 7.28. The highest BCUT2D eigenvalue weighted by Gasteiger charge is 2.25. The van der Waals surface area contributed by atoms with Crippen molar-refractivity contribution in [3.8, 4) is 0 Å². The number of rotatable bonds is 7. The zero-order valence-corrected chi connectivity index (χ0v) is 19.5. The molecular weight excluding hydrogens is 422 g/mol. The predicted molar refractivity (Wildman–Crippen MR) is 126 cm³/mol. The first-order chi connectivity index (χ1) is 15.4. The Morgan fingerprint density at radius 3 is 2.44 bits per heavy atom. The number of carbonyl (C=O) groups excluding carboxylic acids is 1. The SMILES string of the molecule is C[C@H](NC(=O)CN1CCC(NS(=O)(=O)c2ccccc2)CC1)c1ccc2c(c1)CCCC2. The summed E-state index contributed by atoms with van der Waals surface area (Å²) in [5.41, 5.74) is 4.03. The third-order valence-electron chi connectivity index (χ3n) is 6.58. The summed E-state index contributed by atoms with van der Waals surface area (Å²) in [6.45, 7) is 3.77. The van der Waals surface area contributed by atoms with Crippen LogP contribution in [-0.2, 0) is 27.7 Å². The van der Waals surface area contributed by atoms with Crippen LogP contribution in [-0.4, -0.2) is 44.9 Å². The number of sulfonamides is 1. The number of amides is 1. The fourth-order valence-corrected chi connectivity index (χ4v) is 6.02. The summed E-state index contributed by atoms with van der Waals surface area (Å²) in [5, 5.41) is 3.13. The van der Waals surface area contributed by atoms with Gasteiger partial charge in [0.1, 0.15) is 0 Å². The van der Waals surface area contributed by atoms with Crippen molar-refractivity contribution in [3.05, 3.63) is 65.2 Å². The molecule has 1 heterocycles. The van der Waals surface area contributed by atoms with E-state index in [4.69, 9.17) is 0 Å². The maximum absolute atomic E-state index is 12.6. The van der Waals surface area contributed by atoms with Crippen molar-refractivity contribution in [2.45, 2.75) is 62.4 Å². The van der Waals surface area contributed by atoms with Crippen molar-refractivity contribution < 1.29 is 13.2 Å². The number of nitrogens with one attached hydrogen (secondary N) is 2. The van der Waals surface area contributed by atoms with Crippen molar-refractivity contribution in [1.29, 1.82) is 0 Å². The summed E-state index contributed by atoms with van der Waals surface area (Å²) < 4.78 is 27.8. The molecule has 1 amide bonds. The highest BCUT2D eigenvalue weighted by molar-refractivity contribution is 7.89. The normalized spacial score (nSPS) is 18.7. The summed E-state index contributed by atoms with van der Waals surface area (Å²) >= 11 is 0. The first-order valence-electron chi connectivity index (χ1n) is 11.6. The molecule has 0 saturated carbocycles. The van der Waals surface area contributed by atoms with Gasteiger partial charge in [0.15, 0.2) is 0 Å². The fraction of sp³-hybridized carbons (Fsp3) is 0.480. The van der Waals surface area contributed by atoms with Gasteiger partial charge in [-0.25, -0.2) is 13.1 Å². The Hall–Kier alpha value is -2.22. The van der Waals surface area contributed by atoms with E-state index in [9.17, 15) is 13.2 Å². The monoisotopic (exact) mass is 455 g/mol. The standard InChI is InChI=1S/C25H33N3O3S/c1-19(21-12-11-20-7-5-6-8-22(20)17-21)26-25(29)18-28-15-13-23(14-16-28)27-32(30,31)24-9-3-2-4-10-24/h2-4,9-12,17,19,23,27H,5-8,13-16,18H2,1H3,(H,26,29)/t19-/m0/s1. The first kappa shape index (κ1) is 23.0. The molecule has 0 radical (unpaired) electrons. The topological polar surface area (TPSA) is 78.5 Å². The predicted octanol–water partition coefficient (Wildman–Crippen LogP) is 3.19. The Labute approximate surface area is 191 Å². The van der Waals surface area contributed by atoms with E-state index in [1.165, 1.54) is 24.0 Å². The minimum Gasteiger partial charge on any atom is -0.348 e. The average molecular weight is 456 g/mol. The molecule has 2 aromatic carbocycles. The van der Waals surface area contributed by atoms with Crippen LogP contribution in [0.15, 0.2) is 53.4 Å². The molecular formula is C25H33N3O3S. The van der Waals surface area contributed by atoms with Gasteiger partial charge < -0.3 is 5.32 Å². The van der Waals surface area contributed by atoms with Gasteiger partial charge in [0, 0.05) is 19.1 Å². The molecule has 1 aliphatic heterocycles. The molecule has 7 heteroatoms. The Bertz CT molecular complexity index is 1030. The van der Waals surface area contributed by atoms with Gasteiger partial charge in [-0.05, 0) is 74.3 Å². The van der Waals surface area contributed by atoms with Gasteiger partial charge in [-0.2, -0.15) is 0 Å². The van der Waals surface area contributed by atoms with Gasteiger partial charge >= 0.3 is 0 Å². The lowest BCUT2D eigenvalue weighted by molar-refractivity contribution is -0.123. The molecule has 2 N–H and O–H groups in total. The van der Waals surface area contributed by atoms with Crippen molar-refractivity contribution in [2.24, 2.45) is 0 Å². The molecule has 4 rings (SSSR count). The van der Waals surface area contributed by atoms with Crippen LogP contribution in [0.25, 0.3) is 0 Å². The van der Waals surface area contributed by atoms with Gasteiger partial charge in [0.2, 0.25) is 15.9 Å². The quantitative estimate of drug-likeness (QED) is 0.672. The van der Waals surface area contributed by atoms with Crippen molar-refractivity contribution in [1.82, 2.24) is 14.9 Å². The molecule has 2 aromatic rings. The largest absolute Gasteiger partial charge is 0.348 e. The van der Waals surface area contributed by atoms with Crippen LogP contribution in [0.4, 0.5) is 0 Å². The second-order valence-corrected chi connectivity index (χ2v) is 10.7. The number of hydrogen-bond acceptors (Lipinski definition) is 4. The van der Waals surface area contributed by atoms with E-state index in [2.05, 4.69) is 33.1 Å². The van der Waals surface area contributed by atoms with E-state index in [-0.39, 0.29) is 22.9 Å². The third-order valence-corrected chi connectivity index (χ3v) is 8.12. The van der Waals surface area contributed by atoms with E-state index < -0.39 is 10.0 Å². The zero-order valence-electron chi connectivity index (χ0n) is 18.7. The summed E-state index contributed by atoms with van der Waals surface area (Å²) in [6.07, 6.45) is 6.19. The minimum absolute atomic E-state index is 0.0125. The van der Waals surface area contributed by atoms with Gasteiger partial charge in [0.25, 0.3) is 0 Å². The number of carbonyl (C=O) groups is 1. The lowest BCUT2D eigenvalue weighted by Gasteiger charge is -2.32. The molecule has 172 valence electrons. The van der Waals surface area contributed by atoms with Crippen LogP contribution in [0.2, 0.25) is 0 Å². The fourth-order valence-electron chi connectivity index (χ4n) is 4.69. The second kappa shape index (κ2) is 10.1. The third kappa shape index (κ3) is 5.77. The molecule has 32 heavy (non-hydrogen) atoms. The Morgan fingerprint density at radius 2 is 1.72 bits per heavy atom. The number of aryl methyl sites for hydroxylation is 2. The van der Waals surface area contributed by atoms with Crippen LogP contribution in [0.3, 0.4) is 0 Å². The van der Waals surface area contributed by atoms with E-state index in [1.54, 1.807) is 30.3 Å². The summed E-state index contributed by atoms with van der Waals surface area (Å²) in [4.78, 5) is 15.0. The van der Waals surface area contributed by atoms with E-state index in [0.29, 0.717) is 32.5 Å². The van der Waals surface area contributed by atoms with E-state index in [1.807, 2.05) is 6.92 Å². The van der Waals surface area contributed by atoms with Crippen LogP contribution in [0, 0.1) is 0 Å². The zero-order chi connectivity index (χ0) is 22.6. The lowest BCUT2D eigenvalue weighted by atomic mass is 9.89. The van der Waals surface area contributed by atoms with Crippen molar-refractivity contribution in [2.75, 3.05) is 19.6 Å². The molecule has 0 spiro atoms. The smallest absolute Gasteiger partial charge is 0.240 e. The molecule has 2 aliphatic rings. The number of piperidine rings is 1. The maximum Gasteiger partial charge on any atom is 0.240 e. The Balaban J connectivity index is 1.24. The number of likely N-dealkylation sites (tertiary alicyclic amines) is 1. The second-order valence-electron chi connectivity index (χ2n) is 9.01. The van der Waals surface area contributed by atoms with Crippen LogP contribution in [0.1, 0.15) is 55.3 Å². The first-order valence-corrected chi connectivity index (χ1v) is 13.1. The lowest BCUT2D eigenvalue weighted by Crippen LogP contribution is -2.47. The summed E-state index contributed by atoms with van der Waals surface area (Å²) in [6, 6.07) is 14.9. The molecule has 6 nitrogen and oxygen atoms in total. The maximum atomic E-state index is 12.6. The molecule has 1 aliphatic carbocycles. The van der Waals surface area contributed by atoms with Crippen molar-refractivity contribution >= 4 is 15.9 Å². The highest BCUT2D eigenvalue weighted by atomic mass is 32.2. The molecule has 1 atom stereocenters. The van der Waals surface area contributed by atoms with Gasteiger partial charge in [0.05, 0.1) is 17.5 Å². The van der Waals surface area contributed by atoms with Crippen LogP contribution < -0.4 is 10.0 Å². The van der Waals surface area contributed by atoms with Crippen molar-refractivity contribution in [3.63, 3.8) is 0 Å². The van der Waals surface area contributed by atoms with Crippen LogP contribution in [0.5, 0.6) is 0 Å². The summed E-state index contributed by atoms with van der Waals surface area (Å²) in [7, 11) is -3.50. The number of nitrogens with zero attached hydrogens (tertiary/aromatic N) is 1. The molecule has 0 bridgehead atoms. The number of fused-ring (bicyclic) bond motifs is 1. The molecule has 0 unspecified atom stereocenters. The minimum atomic E-state index is -3.50. The molecule has 1 fully saturated rings. The molecule has 1 saturated heterocycles. The average Bonchev–Trinajstić information content (AvgIpc) is 2.80. The molecule has 0 aromatic heterocycles. The van der Waals surface area contributed by atoms with E-state index in [0.717, 1.165) is 18.4 Å². The van der Waals surface area contributed by atoms with Gasteiger partial charge in [-0.15, -0.1) is 0 Å². The summed E-state index contributed by atoms with van der Waals surface area (Å²) in [5.74, 6) is 0.0125. The van der Waals surface area contributed by atoms with Gasteiger partial charge in [-0.1, -0.05) is 36.4 Å². The van der Waals surface area contributed by atoms with E-state index >= 15 is 0 Å².